The van der Waals surface area contributed by atoms with E-state index < -0.39 is 24.4 Å². The highest BCUT2D eigenvalue weighted by Crippen LogP contribution is 2.19. The minimum atomic E-state index is -0.685. The Hall–Kier alpha value is -0.520. The molecule has 602 valence electrons. The van der Waals surface area contributed by atoms with E-state index in [0.29, 0.717) is 85.6 Å². The Morgan fingerprint density at radius 3 is 0.590 bits per heavy atom. The molecule has 0 saturated heterocycles. The van der Waals surface area contributed by atoms with Crippen LogP contribution in [0.3, 0.4) is 0 Å². The number of hydrogen-bond donors (Lipinski definition) is 4. The van der Waals surface area contributed by atoms with Gasteiger partial charge in [-0.1, -0.05) is 362 Å². The van der Waals surface area contributed by atoms with Crippen molar-refractivity contribution in [2.45, 2.75) is 451 Å². The largest absolute Gasteiger partial charge is 0.389 e. The third-order valence-corrected chi connectivity index (χ3v) is 20.5. The summed E-state index contributed by atoms with van der Waals surface area (Å²) in [5, 5.41) is 45.0. The van der Waals surface area contributed by atoms with Crippen molar-refractivity contribution in [3.8, 4) is 0 Å². The summed E-state index contributed by atoms with van der Waals surface area (Å²) in [5.41, 5.74) is 0. The van der Waals surface area contributed by atoms with Crippen molar-refractivity contribution in [3.63, 3.8) is 0 Å². The second-order valence-electron chi connectivity index (χ2n) is 31.2. The average Bonchev–Trinajstić information content (AvgIpc) is 1.11. The molecule has 0 heterocycles. The van der Waals surface area contributed by atoms with E-state index in [4.69, 9.17) is 33.2 Å². The average molecular weight is 1430 g/mol. The van der Waals surface area contributed by atoms with Crippen LogP contribution in [0.4, 0.5) is 0 Å². The van der Waals surface area contributed by atoms with Gasteiger partial charge in [-0.3, -0.25) is 9.80 Å². The van der Waals surface area contributed by atoms with Crippen LogP contribution in [-0.4, -0.2) is 185 Å². The number of hydrogen-bond acceptors (Lipinski definition) is 13. The Kier molecular flexibility index (Phi) is 82.1. The zero-order chi connectivity index (χ0) is 72.8. The third-order valence-electron chi connectivity index (χ3n) is 20.5. The monoisotopic (exact) mass is 1430 g/mol. The highest BCUT2D eigenvalue weighted by molar-refractivity contribution is 4.77. The molecule has 7 atom stereocenters. The maximum absolute atomic E-state index is 11.2. The molecule has 100 heavy (non-hydrogen) atoms. The van der Waals surface area contributed by atoms with Crippen molar-refractivity contribution in [2.24, 2.45) is 0 Å². The zero-order valence-corrected chi connectivity index (χ0v) is 68.2. The van der Waals surface area contributed by atoms with Crippen molar-refractivity contribution in [2.75, 3.05) is 112 Å². The molecule has 0 aliphatic carbocycles. The van der Waals surface area contributed by atoms with Gasteiger partial charge in [-0.15, -0.1) is 0 Å². The fourth-order valence-corrected chi connectivity index (χ4v) is 13.9. The number of rotatable bonds is 88. The van der Waals surface area contributed by atoms with Crippen molar-refractivity contribution >= 4 is 0 Å². The van der Waals surface area contributed by atoms with Gasteiger partial charge in [0.2, 0.25) is 0 Å². The fraction of sp³-hybridized carbons (Fsp3) is 1.00. The first kappa shape index (κ1) is 99.5. The molecule has 0 spiro atoms. The minimum Gasteiger partial charge on any atom is -0.389 e. The molecule has 0 aromatic rings. The number of nitrogens with zero attached hydrogens (tertiary/aromatic N) is 2. The van der Waals surface area contributed by atoms with Crippen LogP contribution in [0.2, 0.25) is 0 Å². The first-order chi connectivity index (χ1) is 49.1. The van der Waals surface area contributed by atoms with Crippen LogP contribution < -0.4 is 0 Å². The lowest BCUT2D eigenvalue weighted by Gasteiger charge is -2.32. The standard InChI is InChI=1S/C87H178N2O11/c1-8-12-16-20-24-28-32-36-40-44-48-52-56-60-64-94-77-84(90)70-88(71-85(91)78-95-65-61-57-53-49-45-41-37-33-29-25-21-17-13-9-2)81(5)74-98-68-69-100-83(7)76-99-75-82(6)89(72-86(92)79-96-66-62-58-54-50-46-42-38-34-30-26-22-18-14-10-3)73-87(93)80-97-67-63-59-55-51-47-43-39-35-31-27-23-19-15-11-4/h81-87,90-93H,8-80H2,1-7H3. The Morgan fingerprint density at radius 2 is 0.380 bits per heavy atom. The van der Waals surface area contributed by atoms with Crippen molar-refractivity contribution < 1.29 is 53.6 Å². The summed E-state index contributed by atoms with van der Waals surface area (Å²) >= 11 is 0. The Bertz CT molecular complexity index is 1420. The SMILES string of the molecule is CCCCCCCCCCCCCCCCOCC(O)CN(CC(O)COCCCCCCCCCCCCCCCC)C(C)COCCOC(C)COCC(C)N(CC(O)COCCCCCCCCCCCCCCCC)CC(O)COCCCCCCCCCCCCCCCC. The second kappa shape index (κ2) is 82.5. The van der Waals surface area contributed by atoms with E-state index in [1.807, 2.05) is 6.92 Å². The molecule has 0 aromatic carbocycles. The van der Waals surface area contributed by atoms with E-state index in [1.165, 1.54) is 308 Å². The van der Waals surface area contributed by atoms with E-state index in [1.54, 1.807) is 0 Å². The predicted octanol–water partition coefficient (Wildman–Crippen LogP) is 22.2. The third kappa shape index (κ3) is 75.7. The van der Waals surface area contributed by atoms with Gasteiger partial charge in [0.05, 0.1) is 90.0 Å². The van der Waals surface area contributed by atoms with Crippen molar-refractivity contribution in [3.05, 3.63) is 0 Å². The van der Waals surface area contributed by atoms with Gasteiger partial charge in [0.15, 0.2) is 0 Å². The number of ether oxygens (including phenoxy) is 7. The molecule has 13 nitrogen and oxygen atoms in total. The molecular formula is C87H178N2O11. The van der Waals surface area contributed by atoms with Crippen LogP contribution >= 0.6 is 0 Å². The molecule has 13 heteroatoms. The molecular weight excluding hydrogens is 1250 g/mol. The molecule has 0 bridgehead atoms. The van der Waals surface area contributed by atoms with E-state index in [0.717, 1.165) is 51.4 Å². The number of aliphatic hydroxyl groups is 4. The van der Waals surface area contributed by atoms with E-state index in [2.05, 4.69) is 51.3 Å². The molecule has 7 unspecified atom stereocenters. The number of aliphatic hydroxyl groups excluding tert-OH is 4. The lowest BCUT2D eigenvalue weighted by molar-refractivity contribution is -0.0590. The van der Waals surface area contributed by atoms with Gasteiger partial charge >= 0.3 is 0 Å². The summed E-state index contributed by atoms with van der Waals surface area (Å²) in [4.78, 5) is 4.23. The Balaban J connectivity index is 5.09. The quantitative estimate of drug-likeness (QED) is 0.0428. The van der Waals surface area contributed by atoms with Crippen LogP contribution in [0.5, 0.6) is 0 Å². The molecule has 0 amide bonds. The van der Waals surface area contributed by atoms with Gasteiger partial charge < -0.3 is 53.6 Å². The minimum absolute atomic E-state index is 0.0657. The molecule has 0 rings (SSSR count). The molecule has 0 radical (unpaired) electrons. The van der Waals surface area contributed by atoms with E-state index in [-0.39, 0.29) is 44.6 Å². The summed E-state index contributed by atoms with van der Waals surface area (Å²) in [6, 6.07) is -0.136. The Morgan fingerprint density at radius 1 is 0.200 bits per heavy atom. The highest BCUT2D eigenvalue weighted by atomic mass is 16.6. The van der Waals surface area contributed by atoms with Gasteiger partial charge in [-0.25, -0.2) is 0 Å². The molecule has 4 N–H and O–H groups in total. The molecule has 0 aliphatic heterocycles. The van der Waals surface area contributed by atoms with Gasteiger partial charge in [0.25, 0.3) is 0 Å². The van der Waals surface area contributed by atoms with Crippen molar-refractivity contribution in [1.82, 2.24) is 9.80 Å². The summed E-state index contributed by atoms with van der Waals surface area (Å²) in [5.74, 6) is 0. The number of unbranched alkanes of at least 4 members (excludes halogenated alkanes) is 52. The van der Waals surface area contributed by atoms with Crippen LogP contribution in [0.15, 0.2) is 0 Å². The predicted molar refractivity (Wildman–Crippen MR) is 428 cm³/mol. The van der Waals surface area contributed by atoms with Gasteiger partial charge in [0.1, 0.15) is 0 Å². The van der Waals surface area contributed by atoms with Gasteiger partial charge in [0, 0.05) is 64.7 Å². The fourth-order valence-electron chi connectivity index (χ4n) is 13.9. The first-order valence-electron chi connectivity index (χ1n) is 44.4. The van der Waals surface area contributed by atoms with E-state index in [9.17, 15) is 20.4 Å². The summed E-state index contributed by atoms with van der Waals surface area (Å²) in [6.07, 6.45) is 71.1. The maximum atomic E-state index is 11.2. The Labute approximate surface area is 623 Å². The van der Waals surface area contributed by atoms with E-state index >= 15 is 0 Å². The van der Waals surface area contributed by atoms with Crippen LogP contribution in [-0.2, 0) is 33.2 Å². The normalized spacial score (nSPS) is 14.2. The van der Waals surface area contributed by atoms with Crippen LogP contribution in [0.1, 0.15) is 408 Å². The highest BCUT2D eigenvalue weighted by Gasteiger charge is 2.24. The summed E-state index contributed by atoms with van der Waals surface area (Å²) in [6.45, 7) is 22.6. The zero-order valence-electron chi connectivity index (χ0n) is 68.2. The van der Waals surface area contributed by atoms with Crippen LogP contribution in [0, 0.1) is 0 Å². The van der Waals surface area contributed by atoms with Gasteiger partial charge in [-0.05, 0) is 46.5 Å². The summed E-state index contributed by atoms with van der Waals surface area (Å²) in [7, 11) is 0. The molecule has 0 fully saturated rings. The molecule has 0 aliphatic rings. The summed E-state index contributed by atoms with van der Waals surface area (Å²) < 4.78 is 42.6. The molecule has 0 aromatic heterocycles. The molecule has 0 saturated carbocycles. The topological polar surface area (TPSA) is 152 Å². The van der Waals surface area contributed by atoms with Gasteiger partial charge in [-0.2, -0.15) is 0 Å². The van der Waals surface area contributed by atoms with Crippen LogP contribution in [0.25, 0.3) is 0 Å². The smallest absolute Gasteiger partial charge is 0.0900 e. The second-order valence-corrected chi connectivity index (χ2v) is 31.2. The first-order valence-corrected chi connectivity index (χ1v) is 44.4. The van der Waals surface area contributed by atoms with Crippen molar-refractivity contribution in [1.29, 1.82) is 0 Å². The maximum Gasteiger partial charge on any atom is 0.0900 e. The lowest BCUT2D eigenvalue weighted by atomic mass is 10.0. The lowest BCUT2D eigenvalue weighted by Crippen LogP contribution is -2.47.